The zero-order valence-corrected chi connectivity index (χ0v) is 19.3. The van der Waals surface area contributed by atoms with E-state index in [-0.39, 0.29) is 17.0 Å². The molecule has 0 spiro atoms. The van der Waals surface area contributed by atoms with Gasteiger partial charge in [0.05, 0.1) is 17.2 Å². The number of nitro benzene ring substituents is 1. The van der Waals surface area contributed by atoms with Crippen LogP contribution in [0, 0.1) is 10.1 Å². The molecule has 8 heteroatoms. The van der Waals surface area contributed by atoms with E-state index in [1.807, 2.05) is 17.5 Å². The zero-order chi connectivity index (χ0) is 23.1. The third-order valence-electron chi connectivity index (χ3n) is 5.46. The minimum atomic E-state index is -0.442. The number of amides is 1. The first kappa shape index (κ1) is 23.4. The number of carbonyl (C=O) groups excluding carboxylic acids is 1. The van der Waals surface area contributed by atoms with Crippen molar-refractivity contribution in [2.75, 3.05) is 11.9 Å². The van der Waals surface area contributed by atoms with Crippen LogP contribution in [0.4, 0.5) is 10.8 Å². The first-order chi connectivity index (χ1) is 15.3. The number of carbonyl (C=O) groups is 1. The quantitative estimate of drug-likeness (QED) is 0.224. The van der Waals surface area contributed by atoms with E-state index in [4.69, 9.17) is 4.74 Å². The van der Waals surface area contributed by atoms with Crippen LogP contribution in [-0.2, 0) is 10.2 Å². The van der Waals surface area contributed by atoms with Gasteiger partial charge in [-0.05, 0) is 48.1 Å². The SMILES string of the molecule is CCC(C)(C)c1ccc(OCCCC(=O)Nc2nc(-c3ccc([N+](=O)[O-])cc3)cs2)cc1. The van der Waals surface area contributed by atoms with Gasteiger partial charge in [-0.1, -0.05) is 32.9 Å². The molecule has 2 aromatic carbocycles. The van der Waals surface area contributed by atoms with Gasteiger partial charge in [0.1, 0.15) is 5.75 Å². The second kappa shape index (κ2) is 10.4. The number of benzene rings is 2. The van der Waals surface area contributed by atoms with E-state index in [9.17, 15) is 14.9 Å². The fourth-order valence-electron chi connectivity index (χ4n) is 3.03. The normalized spacial score (nSPS) is 11.2. The maximum atomic E-state index is 12.2. The van der Waals surface area contributed by atoms with E-state index >= 15 is 0 Å². The Morgan fingerprint density at radius 2 is 1.84 bits per heavy atom. The van der Waals surface area contributed by atoms with Crippen molar-refractivity contribution >= 4 is 28.1 Å². The topological polar surface area (TPSA) is 94.4 Å². The van der Waals surface area contributed by atoms with Gasteiger partial charge in [-0.25, -0.2) is 4.98 Å². The van der Waals surface area contributed by atoms with Crippen molar-refractivity contribution in [2.45, 2.75) is 45.4 Å². The van der Waals surface area contributed by atoms with Crippen LogP contribution in [0.25, 0.3) is 11.3 Å². The number of ether oxygens (including phenoxy) is 1. The van der Waals surface area contributed by atoms with E-state index in [1.54, 1.807) is 12.1 Å². The third kappa shape index (κ3) is 6.13. The van der Waals surface area contributed by atoms with Gasteiger partial charge in [0.25, 0.3) is 5.69 Å². The van der Waals surface area contributed by atoms with Crippen LogP contribution in [0.5, 0.6) is 5.75 Å². The summed E-state index contributed by atoms with van der Waals surface area (Å²) in [7, 11) is 0. The number of nitro groups is 1. The molecule has 0 aliphatic heterocycles. The van der Waals surface area contributed by atoms with Crippen molar-refractivity contribution in [3.63, 3.8) is 0 Å². The second-order valence-corrected chi connectivity index (χ2v) is 8.96. The lowest BCUT2D eigenvalue weighted by Gasteiger charge is -2.23. The molecule has 1 heterocycles. The fourth-order valence-corrected chi connectivity index (χ4v) is 3.76. The van der Waals surface area contributed by atoms with Crippen molar-refractivity contribution in [1.82, 2.24) is 4.98 Å². The van der Waals surface area contributed by atoms with Crippen LogP contribution >= 0.6 is 11.3 Å². The van der Waals surface area contributed by atoms with E-state index in [0.29, 0.717) is 30.3 Å². The lowest BCUT2D eigenvalue weighted by molar-refractivity contribution is -0.384. The number of thiazole rings is 1. The largest absolute Gasteiger partial charge is 0.494 e. The van der Waals surface area contributed by atoms with Crippen LogP contribution in [-0.4, -0.2) is 22.4 Å². The molecule has 32 heavy (non-hydrogen) atoms. The van der Waals surface area contributed by atoms with Crippen molar-refractivity contribution in [3.05, 3.63) is 69.6 Å². The van der Waals surface area contributed by atoms with Crippen molar-refractivity contribution in [1.29, 1.82) is 0 Å². The summed E-state index contributed by atoms with van der Waals surface area (Å²) in [6.07, 6.45) is 1.98. The van der Waals surface area contributed by atoms with Gasteiger partial charge in [-0.3, -0.25) is 14.9 Å². The van der Waals surface area contributed by atoms with E-state index < -0.39 is 4.92 Å². The molecular weight excluding hydrogens is 426 g/mol. The molecule has 0 bridgehead atoms. The minimum Gasteiger partial charge on any atom is -0.494 e. The summed E-state index contributed by atoms with van der Waals surface area (Å²) < 4.78 is 5.76. The van der Waals surface area contributed by atoms with Gasteiger partial charge in [-0.15, -0.1) is 11.3 Å². The molecule has 0 unspecified atom stereocenters. The van der Waals surface area contributed by atoms with Gasteiger partial charge in [0.15, 0.2) is 5.13 Å². The second-order valence-electron chi connectivity index (χ2n) is 8.10. The Morgan fingerprint density at radius 1 is 1.16 bits per heavy atom. The van der Waals surface area contributed by atoms with Crippen LogP contribution in [0.2, 0.25) is 0 Å². The Kier molecular flexibility index (Phi) is 7.58. The first-order valence-corrected chi connectivity index (χ1v) is 11.4. The molecular formula is C24H27N3O4S. The molecule has 0 aliphatic carbocycles. The number of rotatable bonds is 10. The Bertz CT molecular complexity index is 1060. The molecule has 1 aromatic heterocycles. The minimum absolute atomic E-state index is 0.0282. The first-order valence-electron chi connectivity index (χ1n) is 10.5. The summed E-state index contributed by atoms with van der Waals surface area (Å²) in [4.78, 5) is 26.9. The highest BCUT2D eigenvalue weighted by molar-refractivity contribution is 7.14. The van der Waals surface area contributed by atoms with E-state index in [1.165, 1.54) is 29.0 Å². The van der Waals surface area contributed by atoms with Crippen LogP contribution in [0.15, 0.2) is 53.9 Å². The third-order valence-corrected chi connectivity index (χ3v) is 6.22. The van der Waals surface area contributed by atoms with Crippen LogP contribution in [0.3, 0.4) is 0 Å². The molecule has 7 nitrogen and oxygen atoms in total. The highest BCUT2D eigenvalue weighted by atomic mass is 32.1. The Labute approximate surface area is 191 Å². The van der Waals surface area contributed by atoms with Gasteiger partial charge in [-0.2, -0.15) is 0 Å². The summed E-state index contributed by atoms with van der Waals surface area (Å²) in [5, 5.41) is 15.9. The number of anilines is 1. The lowest BCUT2D eigenvalue weighted by Crippen LogP contribution is -2.15. The maximum absolute atomic E-state index is 12.2. The standard InChI is InChI=1S/C24H27N3O4S/c1-4-24(2,3)18-9-13-20(14-10-18)31-15-5-6-22(28)26-23-25-21(16-32-23)17-7-11-19(12-8-17)27(29)30/h7-14,16H,4-6,15H2,1-3H3,(H,25,26,28). The predicted molar refractivity (Wildman–Crippen MR) is 127 cm³/mol. The zero-order valence-electron chi connectivity index (χ0n) is 18.5. The molecule has 1 amide bonds. The molecule has 0 saturated heterocycles. The smallest absolute Gasteiger partial charge is 0.269 e. The number of hydrogen-bond acceptors (Lipinski definition) is 6. The van der Waals surface area contributed by atoms with Gasteiger partial charge < -0.3 is 10.1 Å². The maximum Gasteiger partial charge on any atom is 0.269 e. The van der Waals surface area contributed by atoms with Crippen LogP contribution in [0.1, 0.15) is 45.6 Å². The number of aromatic nitrogens is 1. The highest BCUT2D eigenvalue weighted by Crippen LogP contribution is 2.28. The number of nitrogens with zero attached hydrogens (tertiary/aromatic N) is 2. The van der Waals surface area contributed by atoms with Gasteiger partial charge in [0, 0.05) is 29.5 Å². The molecule has 3 rings (SSSR count). The molecule has 0 aliphatic rings. The number of nitrogens with one attached hydrogen (secondary N) is 1. The Balaban J connectivity index is 1.43. The summed E-state index contributed by atoms with van der Waals surface area (Å²) >= 11 is 1.32. The number of hydrogen-bond donors (Lipinski definition) is 1. The van der Waals surface area contributed by atoms with E-state index in [2.05, 4.69) is 43.2 Å². The summed E-state index contributed by atoms with van der Waals surface area (Å²) in [6, 6.07) is 14.3. The molecule has 1 N–H and O–H groups in total. The molecule has 0 fully saturated rings. The highest BCUT2D eigenvalue weighted by Gasteiger charge is 2.17. The molecule has 3 aromatic rings. The predicted octanol–water partition coefficient (Wildman–Crippen LogP) is 6.20. The van der Waals surface area contributed by atoms with Crippen LogP contribution < -0.4 is 10.1 Å². The van der Waals surface area contributed by atoms with Gasteiger partial charge in [0.2, 0.25) is 5.91 Å². The van der Waals surface area contributed by atoms with Gasteiger partial charge >= 0.3 is 0 Å². The summed E-state index contributed by atoms with van der Waals surface area (Å²) in [6.45, 7) is 7.07. The molecule has 0 saturated carbocycles. The number of non-ortho nitro benzene ring substituents is 1. The molecule has 0 atom stereocenters. The fraction of sp³-hybridized carbons (Fsp3) is 0.333. The molecule has 0 radical (unpaired) electrons. The van der Waals surface area contributed by atoms with Crippen molar-refractivity contribution in [3.8, 4) is 17.0 Å². The van der Waals surface area contributed by atoms with Crippen molar-refractivity contribution < 1.29 is 14.5 Å². The van der Waals surface area contributed by atoms with E-state index in [0.717, 1.165) is 17.7 Å². The average Bonchev–Trinajstić information content (AvgIpc) is 3.25. The lowest BCUT2D eigenvalue weighted by atomic mass is 9.82. The Hall–Kier alpha value is -3.26. The summed E-state index contributed by atoms with van der Waals surface area (Å²) in [5.74, 6) is 0.673. The van der Waals surface area contributed by atoms with Crippen molar-refractivity contribution in [2.24, 2.45) is 0 Å². The molecule has 168 valence electrons. The summed E-state index contributed by atoms with van der Waals surface area (Å²) in [5.41, 5.74) is 2.88. The monoisotopic (exact) mass is 453 g/mol. The average molecular weight is 454 g/mol. The Morgan fingerprint density at radius 3 is 2.47 bits per heavy atom.